The van der Waals surface area contributed by atoms with E-state index in [1.165, 1.54) is 19.2 Å². The summed E-state index contributed by atoms with van der Waals surface area (Å²) >= 11 is 0. The summed E-state index contributed by atoms with van der Waals surface area (Å²) < 4.78 is 45.9. The van der Waals surface area contributed by atoms with E-state index in [1.54, 1.807) is 0 Å². The first-order chi connectivity index (χ1) is 9.32. The molecule has 1 aromatic heterocycles. The quantitative estimate of drug-likeness (QED) is 0.933. The van der Waals surface area contributed by atoms with Gasteiger partial charge in [0.25, 0.3) is 0 Å². The zero-order valence-electron chi connectivity index (χ0n) is 9.93. The van der Waals surface area contributed by atoms with Gasteiger partial charge in [-0.05, 0) is 18.2 Å². The van der Waals surface area contributed by atoms with Crippen molar-refractivity contribution < 1.29 is 32.3 Å². The fourth-order valence-corrected chi connectivity index (χ4v) is 1.47. The molecule has 0 amide bonds. The molecule has 106 valence electrons. The van der Waals surface area contributed by atoms with Crippen LogP contribution in [0, 0.1) is 0 Å². The number of nitrogens with zero attached hydrogens (tertiary/aromatic N) is 2. The third-order valence-corrected chi connectivity index (χ3v) is 2.36. The van der Waals surface area contributed by atoms with E-state index in [1.807, 2.05) is 0 Å². The number of benzene rings is 1. The summed E-state index contributed by atoms with van der Waals surface area (Å²) in [6.07, 6.45) is -4.76. The first-order valence-electron chi connectivity index (χ1n) is 5.15. The molecule has 0 aliphatic heterocycles. The monoisotopic (exact) mass is 288 g/mol. The van der Waals surface area contributed by atoms with E-state index in [2.05, 4.69) is 14.7 Å². The molecule has 20 heavy (non-hydrogen) atoms. The Bertz CT molecular complexity index is 651. The van der Waals surface area contributed by atoms with Gasteiger partial charge in [0, 0.05) is 5.56 Å². The van der Waals surface area contributed by atoms with Crippen LogP contribution in [0.4, 0.5) is 13.2 Å². The second kappa shape index (κ2) is 4.83. The fourth-order valence-electron chi connectivity index (χ4n) is 1.47. The average Bonchev–Trinajstić information content (AvgIpc) is 2.87. The standard InChI is InChI=1S/C11H7F3N2O4/c1-19-7-3-2-5(4-6(7)9(17)18)8-15-10(20-16-8)11(12,13)14/h2-4H,1H3,(H,17,18). The van der Waals surface area contributed by atoms with E-state index in [4.69, 9.17) is 9.84 Å². The Labute approximate surface area is 109 Å². The molecule has 2 aromatic rings. The molecule has 2 rings (SSSR count). The third kappa shape index (κ3) is 2.56. The smallest absolute Gasteiger partial charge is 0.471 e. The highest BCUT2D eigenvalue weighted by atomic mass is 19.4. The van der Waals surface area contributed by atoms with E-state index in [0.29, 0.717) is 0 Å². The van der Waals surface area contributed by atoms with Gasteiger partial charge in [0.2, 0.25) is 5.82 Å². The van der Waals surface area contributed by atoms with Gasteiger partial charge in [0.05, 0.1) is 7.11 Å². The Morgan fingerprint density at radius 2 is 2.10 bits per heavy atom. The van der Waals surface area contributed by atoms with Gasteiger partial charge < -0.3 is 14.4 Å². The van der Waals surface area contributed by atoms with Crippen LogP contribution in [-0.2, 0) is 6.18 Å². The molecular formula is C11H7F3N2O4. The van der Waals surface area contributed by atoms with E-state index in [9.17, 15) is 18.0 Å². The Morgan fingerprint density at radius 3 is 2.60 bits per heavy atom. The molecule has 1 heterocycles. The number of hydrogen-bond donors (Lipinski definition) is 1. The van der Waals surface area contributed by atoms with Gasteiger partial charge in [0.15, 0.2) is 0 Å². The number of carbonyl (C=O) groups is 1. The summed E-state index contributed by atoms with van der Waals surface area (Å²) in [7, 11) is 1.28. The zero-order chi connectivity index (χ0) is 14.9. The Hall–Kier alpha value is -2.58. The molecule has 0 aliphatic rings. The molecule has 0 spiro atoms. The summed E-state index contributed by atoms with van der Waals surface area (Å²) in [6.45, 7) is 0. The number of aromatic nitrogens is 2. The number of aromatic carboxylic acids is 1. The highest BCUT2D eigenvalue weighted by Gasteiger charge is 2.38. The fraction of sp³-hybridized carbons (Fsp3) is 0.182. The molecule has 1 aromatic carbocycles. The zero-order valence-corrected chi connectivity index (χ0v) is 9.93. The summed E-state index contributed by atoms with van der Waals surface area (Å²) in [5.74, 6) is -3.08. The van der Waals surface area contributed by atoms with Crippen molar-refractivity contribution in [1.29, 1.82) is 0 Å². The molecule has 0 fully saturated rings. The lowest BCUT2D eigenvalue weighted by Crippen LogP contribution is -2.05. The predicted octanol–water partition coefficient (Wildman–Crippen LogP) is 2.46. The first kappa shape index (κ1) is 13.8. The first-order valence-corrected chi connectivity index (χ1v) is 5.15. The molecule has 0 aliphatic carbocycles. The van der Waals surface area contributed by atoms with Crippen LogP contribution in [0.5, 0.6) is 5.75 Å². The SMILES string of the molecule is COc1ccc(-c2noc(C(F)(F)F)n2)cc1C(=O)O. The molecule has 0 unspecified atom stereocenters. The van der Waals surface area contributed by atoms with E-state index in [-0.39, 0.29) is 22.7 Å². The van der Waals surface area contributed by atoms with Crippen LogP contribution in [0.1, 0.15) is 16.2 Å². The second-order valence-corrected chi connectivity index (χ2v) is 3.64. The van der Waals surface area contributed by atoms with Gasteiger partial charge in [0.1, 0.15) is 11.3 Å². The predicted molar refractivity (Wildman–Crippen MR) is 58.2 cm³/mol. The number of ether oxygens (including phenoxy) is 1. The summed E-state index contributed by atoms with van der Waals surface area (Å²) in [4.78, 5) is 14.2. The number of hydrogen-bond acceptors (Lipinski definition) is 5. The lowest BCUT2D eigenvalue weighted by atomic mass is 10.1. The van der Waals surface area contributed by atoms with Crippen LogP contribution in [-0.4, -0.2) is 28.3 Å². The van der Waals surface area contributed by atoms with Crippen molar-refractivity contribution in [2.75, 3.05) is 7.11 Å². The maximum Gasteiger partial charge on any atom is 0.471 e. The Balaban J connectivity index is 2.46. The number of carboxylic acids is 1. The number of rotatable bonds is 3. The van der Waals surface area contributed by atoms with E-state index < -0.39 is 18.0 Å². The molecule has 9 heteroatoms. The van der Waals surface area contributed by atoms with Crippen LogP contribution < -0.4 is 4.74 Å². The van der Waals surface area contributed by atoms with Crippen LogP contribution in [0.15, 0.2) is 22.7 Å². The number of carboxylic acid groups (broad SMARTS) is 1. The lowest BCUT2D eigenvalue weighted by Gasteiger charge is -2.05. The van der Waals surface area contributed by atoms with Crippen molar-refractivity contribution in [3.8, 4) is 17.1 Å². The largest absolute Gasteiger partial charge is 0.496 e. The van der Waals surface area contributed by atoms with Crippen molar-refractivity contribution in [3.63, 3.8) is 0 Å². The van der Waals surface area contributed by atoms with Crippen molar-refractivity contribution >= 4 is 5.97 Å². The maximum absolute atomic E-state index is 12.3. The van der Waals surface area contributed by atoms with Crippen LogP contribution in [0.25, 0.3) is 11.4 Å². The summed E-state index contributed by atoms with van der Waals surface area (Å²) in [5, 5.41) is 12.1. The van der Waals surface area contributed by atoms with Gasteiger partial charge in [-0.25, -0.2) is 4.79 Å². The maximum atomic E-state index is 12.3. The van der Waals surface area contributed by atoms with Gasteiger partial charge in [-0.1, -0.05) is 5.16 Å². The average molecular weight is 288 g/mol. The molecule has 0 radical (unpaired) electrons. The van der Waals surface area contributed by atoms with Crippen molar-refractivity contribution in [3.05, 3.63) is 29.7 Å². The molecule has 6 nitrogen and oxygen atoms in total. The van der Waals surface area contributed by atoms with Crippen LogP contribution >= 0.6 is 0 Å². The molecule has 0 saturated heterocycles. The topological polar surface area (TPSA) is 85.5 Å². The highest BCUT2D eigenvalue weighted by Crippen LogP contribution is 2.30. The minimum atomic E-state index is -4.76. The highest BCUT2D eigenvalue weighted by molar-refractivity contribution is 5.92. The van der Waals surface area contributed by atoms with Gasteiger partial charge >= 0.3 is 18.0 Å². The van der Waals surface area contributed by atoms with Crippen LogP contribution in [0.2, 0.25) is 0 Å². The van der Waals surface area contributed by atoms with Crippen LogP contribution in [0.3, 0.4) is 0 Å². The number of methoxy groups -OCH3 is 1. The summed E-state index contributed by atoms with van der Waals surface area (Å²) in [6, 6.07) is 3.73. The molecular weight excluding hydrogens is 281 g/mol. The minimum absolute atomic E-state index is 0.0702. The molecule has 1 N–H and O–H groups in total. The van der Waals surface area contributed by atoms with Gasteiger partial charge in [-0.15, -0.1) is 0 Å². The second-order valence-electron chi connectivity index (χ2n) is 3.64. The van der Waals surface area contributed by atoms with Gasteiger partial charge in [-0.3, -0.25) is 0 Å². The molecule has 0 saturated carbocycles. The van der Waals surface area contributed by atoms with Crippen molar-refractivity contribution in [1.82, 2.24) is 10.1 Å². The van der Waals surface area contributed by atoms with Crippen molar-refractivity contribution in [2.45, 2.75) is 6.18 Å². The lowest BCUT2D eigenvalue weighted by molar-refractivity contribution is -0.159. The third-order valence-electron chi connectivity index (χ3n) is 2.36. The Kier molecular flexibility index (Phi) is 3.35. The number of halogens is 3. The normalized spacial score (nSPS) is 11.4. The minimum Gasteiger partial charge on any atom is -0.496 e. The van der Waals surface area contributed by atoms with E-state index >= 15 is 0 Å². The summed E-state index contributed by atoms with van der Waals surface area (Å²) in [5.41, 5.74) is -0.147. The van der Waals surface area contributed by atoms with Crippen molar-refractivity contribution in [2.24, 2.45) is 0 Å². The van der Waals surface area contributed by atoms with Gasteiger partial charge in [-0.2, -0.15) is 18.2 Å². The molecule has 0 atom stereocenters. The Morgan fingerprint density at radius 1 is 1.40 bits per heavy atom. The molecule has 0 bridgehead atoms. The number of alkyl halides is 3. The van der Waals surface area contributed by atoms with E-state index in [0.717, 1.165) is 6.07 Å².